The molecule has 0 unspecified atom stereocenters. The average Bonchev–Trinajstić information content (AvgIpc) is 2.87. The Kier molecular flexibility index (Phi) is 8.15. The van der Waals surface area contributed by atoms with E-state index in [0.717, 1.165) is 38.3 Å². The van der Waals surface area contributed by atoms with Gasteiger partial charge in [-0.3, -0.25) is 14.6 Å². The van der Waals surface area contributed by atoms with E-state index >= 15 is 0 Å². The number of nitrogens with zero attached hydrogens (tertiary/aromatic N) is 4. The van der Waals surface area contributed by atoms with Crippen LogP contribution < -0.4 is 5.32 Å². The van der Waals surface area contributed by atoms with Crippen LogP contribution in [0.25, 0.3) is 0 Å². The van der Waals surface area contributed by atoms with Crippen LogP contribution in [-0.4, -0.2) is 87.5 Å². The van der Waals surface area contributed by atoms with E-state index in [0.29, 0.717) is 43.1 Å². The summed E-state index contributed by atoms with van der Waals surface area (Å²) in [6.45, 7) is 7.49. The summed E-state index contributed by atoms with van der Waals surface area (Å²) in [5.74, 6) is -0.163. The molecule has 0 bridgehead atoms. The molecule has 0 saturated carbocycles. The molecule has 0 aromatic heterocycles. The van der Waals surface area contributed by atoms with Gasteiger partial charge < -0.3 is 10.1 Å². The van der Waals surface area contributed by atoms with Gasteiger partial charge >= 0.3 is 0 Å². The zero-order valence-electron chi connectivity index (χ0n) is 19.9. The summed E-state index contributed by atoms with van der Waals surface area (Å²) >= 11 is 0. The monoisotopic (exact) mass is 497 g/mol. The lowest BCUT2D eigenvalue weighted by molar-refractivity contribution is -0.117. The number of nitrogens with one attached hydrogen (secondary N) is 1. The van der Waals surface area contributed by atoms with Crippen molar-refractivity contribution in [3.8, 4) is 6.07 Å². The summed E-state index contributed by atoms with van der Waals surface area (Å²) in [4.78, 5) is 17.3. The number of hydrogen-bond acceptors (Lipinski definition) is 7. The molecular formula is C25H31N5O4S. The van der Waals surface area contributed by atoms with E-state index in [1.807, 2.05) is 24.3 Å². The highest BCUT2D eigenvalue weighted by atomic mass is 32.2. The summed E-state index contributed by atoms with van der Waals surface area (Å²) in [6, 6.07) is 14.8. The van der Waals surface area contributed by atoms with E-state index in [1.54, 1.807) is 25.1 Å². The number of rotatable bonds is 7. The van der Waals surface area contributed by atoms with Gasteiger partial charge in [-0.05, 0) is 42.3 Å². The third-order valence-corrected chi connectivity index (χ3v) is 8.42. The lowest BCUT2D eigenvalue weighted by Crippen LogP contribution is -2.48. The molecule has 1 amide bonds. The van der Waals surface area contributed by atoms with E-state index in [1.165, 1.54) is 4.31 Å². The Labute approximate surface area is 206 Å². The largest absolute Gasteiger partial charge is 0.379 e. The molecule has 2 aliphatic heterocycles. The Bertz CT molecular complexity index is 1180. The van der Waals surface area contributed by atoms with Crippen molar-refractivity contribution in [1.82, 2.24) is 14.1 Å². The maximum absolute atomic E-state index is 13.1. The van der Waals surface area contributed by atoms with Gasteiger partial charge in [0.25, 0.3) is 0 Å². The first kappa shape index (κ1) is 25.3. The number of carbonyl (C=O) groups is 1. The maximum atomic E-state index is 13.1. The van der Waals surface area contributed by atoms with Crippen LogP contribution in [0.4, 0.5) is 5.69 Å². The summed E-state index contributed by atoms with van der Waals surface area (Å²) in [5, 5.41) is 11.8. The van der Waals surface area contributed by atoms with Crippen molar-refractivity contribution in [3.63, 3.8) is 0 Å². The van der Waals surface area contributed by atoms with Crippen LogP contribution >= 0.6 is 0 Å². The van der Waals surface area contributed by atoms with Crippen molar-refractivity contribution >= 4 is 21.6 Å². The third-order valence-electron chi connectivity index (χ3n) is 6.38. The van der Waals surface area contributed by atoms with Crippen LogP contribution in [0.15, 0.2) is 47.4 Å². The number of piperazine rings is 1. The number of benzene rings is 2. The molecule has 2 aromatic carbocycles. The van der Waals surface area contributed by atoms with E-state index in [9.17, 15) is 13.2 Å². The van der Waals surface area contributed by atoms with Crippen LogP contribution in [0.2, 0.25) is 0 Å². The minimum atomic E-state index is -3.64. The second-order valence-corrected chi connectivity index (χ2v) is 10.8. The predicted octanol–water partition coefficient (Wildman–Crippen LogP) is 1.64. The molecule has 0 spiro atoms. The van der Waals surface area contributed by atoms with Gasteiger partial charge in [-0.2, -0.15) is 9.57 Å². The molecule has 35 heavy (non-hydrogen) atoms. The zero-order chi connectivity index (χ0) is 24.8. The fourth-order valence-electron chi connectivity index (χ4n) is 4.33. The lowest BCUT2D eigenvalue weighted by Gasteiger charge is -2.34. The maximum Gasteiger partial charge on any atom is 0.243 e. The van der Waals surface area contributed by atoms with Crippen molar-refractivity contribution in [3.05, 3.63) is 59.2 Å². The Morgan fingerprint density at radius 2 is 1.66 bits per heavy atom. The Morgan fingerprint density at radius 1 is 1.00 bits per heavy atom. The fourth-order valence-corrected chi connectivity index (χ4v) is 5.99. The second kappa shape index (κ2) is 11.3. The molecule has 2 heterocycles. The van der Waals surface area contributed by atoms with E-state index < -0.39 is 10.0 Å². The molecule has 0 radical (unpaired) electrons. The SMILES string of the molecule is Cc1ccc(NC(=O)CN2CCN(Cc3ccc(C#N)cc3)CC2)cc1S(=O)(=O)N1CCOCC1. The van der Waals surface area contributed by atoms with Gasteiger partial charge in [0.05, 0.1) is 36.3 Å². The molecule has 2 aliphatic rings. The van der Waals surface area contributed by atoms with E-state index in [4.69, 9.17) is 10.00 Å². The number of carbonyl (C=O) groups excluding carboxylic acids is 1. The van der Waals surface area contributed by atoms with Gasteiger partial charge in [0.2, 0.25) is 15.9 Å². The van der Waals surface area contributed by atoms with Crippen LogP contribution in [0, 0.1) is 18.3 Å². The standard InChI is InChI=1S/C25H31N5O4S/c1-20-2-7-23(16-24(20)35(32,33)30-12-14-34-15-13-30)27-25(31)19-29-10-8-28(9-11-29)18-22-5-3-21(17-26)4-6-22/h2-7,16H,8-15,18-19H2,1H3,(H,27,31). The van der Waals surface area contributed by atoms with Gasteiger partial charge in [-0.25, -0.2) is 8.42 Å². The molecule has 2 saturated heterocycles. The molecule has 186 valence electrons. The molecule has 9 nitrogen and oxygen atoms in total. The first-order valence-electron chi connectivity index (χ1n) is 11.8. The van der Waals surface area contributed by atoms with Gasteiger partial charge in [-0.1, -0.05) is 18.2 Å². The van der Waals surface area contributed by atoms with Crippen molar-refractivity contribution in [2.24, 2.45) is 0 Å². The highest BCUT2D eigenvalue weighted by Crippen LogP contribution is 2.24. The van der Waals surface area contributed by atoms with Crippen LogP contribution in [0.5, 0.6) is 0 Å². The fraction of sp³-hybridized carbons (Fsp3) is 0.440. The van der Waals surface area contributed by atoms with Crippen molar-refractivity contribution in [1.29, 1.82) is 5.26 Å². The summed E-state index contributed by atoms with van der Waals surface area (Å²) in [5.41, 5.74) is 2.95. The number of sulfonamides is 1. The van der Waals surface area contributed by atoms with Crippen molar-refractivity contribution in [2.45, 2.75) is 18.4 Å². The number of ether oxygens (including phenoxy) is 1. The number of nitriles is 1. The molecule has 0 aliphatic carbocycles. The molecule has 4 rings (SSSR count). The molecule has 2 fully saturated rings. The average molecular weight is 498 g/mol. The van der Waals surface area contributed by atoms with Gasteiger partial charge in [0.1, 0.15) is 0 Å². The van der Waals surface area contributed by atoms with Gasteiger partial charge in [0, 0.05) is 51.5 Å². The lowest BCUT2D eigenvalue weighted by atomic mass is 10.1. The second-order valence-electron chi connectivity index (χ2n) is 8.91. The van der Waals surface area contributed by atoms with Crippen molar-refractivity contribution in [2.75, 3.05) is 64.3 Å². The van der Waals surface area contributed by atoms with Gasteiger partial charge in [-0.15, -0.1) is 0 Å². The number of morpholine rings is 1. The van der Waals surface area contributed by atoms with E-state index in [2.05, 4.69) is 21.2 Å². The van der Waals surface area contributed by atoms with Crippen molar-refractivity contribution < 1.29 is 17.9 Å². The van der Waals surface area contributed by atoms with Gasteiger partial charge in [0.15, 0.2) is 0 Å². The summed E-state index contributed by atoms with van der Waals surface area (Å²) < 4.78 is 32.9. The smallest absolute Gasteiger partial charge is 0.243 e. The summed E-state index contributed by atoms with van der Waals surface area (Å²) in [7, 11) is -3.64. The molecule has 10 heteroatoms. The first-order valence-corrected chi connectivity index (χ1v) is 13.2. The quantitative estimate of drug-likeness (QED) is 0.620. The molecule has 1 N–H and O–H groups in total. The zero-order valence-corrected chi connectivity index (χ0v) is 20.8. The third kappa shape index (κ3) is 6.45. The minimum Gasteiger partial charge on any atom is -0.379 e. The predicted molar refractivity (Wildman–Crippen MR) is 132 cm³/mol. The van der Waals surface area contributed by atoms with E-state index in [-0.39, 0.29) is 17.3 Å². The van der Waals surface area contributed by atoms with Crippen LogP contribution in [0.3, 0.4) is 0 Å². The molecular weight excluding hydrogens is 466 g/mol. The van der Waals surface area contributed by atoms with Crippen LogP contribution in [0.1, 0.15) is 16.7 Å². The molecule has 2 aromatic rings. The highest BCUT2D eigenvalue weighted by Gasteiger charge is 2.28. The topological polar surface area (TPSA) is 106 Å². The minimum absolute atomic E-state index is 0.163. The highest BCUT2D eigenvalue weighted by molar-refractivity contribution is 7.89. The molecule has 0 atom stereocenters. The number of hydrogen-bond donors (Lipinski definition) is 1. The normalized spacial score (nSPS) is 18.2. The first-order chi connectivity index (χ1) is 16.8. The number of amides is 1. The summed E-state index contributed by atoms with van der Waals surface area (Å²) in [6.07, 6.45) is 0. The number of aryl methyl sites for hydroxylation is 1. The Balaban J connectivity index is 1.29. The van der Waals surface area contributed by atoms with Crippen LogP contribution in [-0.2, 0) is 26.1 Å². The Hall–Kier alpha value is -2.81. The Morgan fingerprint density at radius 3 is 2.31 bits per heavy atom. The number of anilines is 1.